The van der Waals surface area contributed by atoms with E-state index < -0.39 is 11.9 Å². The Balaban J connectivity index is 1.83. The SMILES string of the molecule is O=C(c1ncc(-c2ncccc2F)s1)C1CNCCO1. The molecule has 0 aromatic carbocycles. The van der Waals surface area contributed by atoms with Gasteiger partial charge in [-0.25, -0.2) is 9.37 Å². The van der Waals surface area contributed by atoms with Gasteiger partial charge in [0.2, 0.25) is 5.78 Å². The summed E-state index contributed by atoms with van der Waals surface area (Å²) in [6, 6.07) is 2.85. The van der Waals surface area contributed by atoms with Crippen LogP contribution in [-0.2, 0) is 4.74 Å². The number of morpholine rings is 1. The number of aromatic nitrogens is 2. The van der Waals surface area contributed by atoms with Gasteiger partial charge in [0.15, 0.2) is 5.01 Å². The van der Waals surface area contributed by atoms with Gasteiger partial charge in [-0.15, -0.1) is 11.3 Å². The Bertz CT molecular complexity index is 626. The highest BCUT2D eigenvalue weighted by Gasteiger charge is 2.26. The summed E-state index contributed by atoms with van der Waals surface area (Å²) >= 11 is 1.13. The maximum absolute atomic E-state index is 13.6. The Kier molecular flexibility index (Phi) is 3.81. The lowest BCUT2D eigenvalue weighted by Crippen LogP contribution is -2.43. The molecule has 7 heteroatoms. The van der Waals surface area contributed by atoms with Gasteiger partial charge in [-0.1, -0.05) is 0 Å². The smallest absolute Gasteiger partial charge is 0.221 e. The molecule has 20 heavy (non-hydrogen) atoms. The second-order valence-corrected chi connectivity index (χ2v) is 5.32. The highest BCUT2D eigenvalue weighted by Crippen LogP contribution is 2.27. The van der Waals surface area contributed by atoms with Gasteiger partial charge in [0.25, 0.3) is 0 Å². The molecule has 1 saturated heterocycles. The molecule has 1 fully saturated rings. The van der Waals surface area contributed by atoms with E-state index in [1.807, 2.05) is 0 Å². The Labute approximate surface area is 118 Å². The second-order valence-electron chi connectivity index (χ2n) is 4.29. The van der Waals surface area contributed by atoms with Crippen LogP contribution in [-0.4, -0.2) is 41.6 Å². The molecule has 2 aromatic heterocycles. The summed E-state index contributed by atoms with van der Waals surface area (Å²) in [6.07, 6.45) is 2.46. The van der Waals surface area contributed by atoms with Crippen molar-refractivity contribution in [1.29, 1.82) is 0 Å². The monoisotopic (exact) mass is 293 g/mol. The van der Waals surface area contributed by atoms with Crippen molar-refractivity contribution in [2.45, 2.75) is 6.10 Å². The van der Waals surface area contributed by atoms with Crippen molar-refractivity contribution >= 4 is 17.1 Å². The minimum Gasteiger partial charge on any atom is -0.367 e. The largest absolute Gasteiger partial charge is 0.367 e. The summed E-state index contributed by atoms with van der Waals surface area (Å²) in [6.45, 7) is 1.72. The number of carbonyl (C=O) groups is 1. The first kappa shape index (κ1) is 13.3. The zero-order valence-corrected chi connectivity index (χ0v) is 11.3. The van der Waals surface area contributed by atoms with Crippen LogP contribution in [0, 0.1) is 5.82 Å². The number of pyridine rings is 1. The normalized spacial score (nSPS) is 18.9. The summed E-state index contributed by atoms with van der Waals surface area (Å²) < 4.78 is 19.0. The first-order chi connectivity index (χ1) is 9.75. The summed E-state index contributed by atoms with van der Waals surface area (Å²) in [5.74, 6) is -0.601. The van der Waals surface area contributed by atoms with Crippen molar-refractivity contribution in [3.63, 3.8) is 0 Å². The number of ketones is 1. The van der Waals surface area contributed by atoms with E-state index in [2.05, 4.69) is 15.3 Å². The molecule has 2 aromatic rings. The van der Waals surface area contributed by atoms with E-state index in [0.29, 0.717) is 23.0 Å². The number of hydrogen-bond acceptors (Lipinski definition) is 6. The van der Waals surface area contributed by atoms with E-state index in [1.165, 1.54) is 24.5 Å². The van der Waals surface area contributed by atoms with E-state index in [0.717, 1.165) is 17.9 Å². The molecule has 1 N–H and O–H groups in total. The first-order valence-corrected chi connectivity index (χ1v) is 7.00. The molecule has 3 heterocycles. The lowest BCUT2D eigenvalue weighted by Gasteiger charge is -2.21. The molecule has 0 bridgehead atoms. The lowest BCUT2D eigenvalue weighted by atomic mass is 10.2. The fraction of sp³-hybridized carbons (Fsp3) is 0.308. The number of thiazole rings is 1. The fourth-order valence-corrected chi connectivity index (χ4v) is 2.83. The van der Waals surface area contributed by atoms with E-state index in [9.17, 15) is 9.18 Å². The van der Waals surface area contributed by atoms with Gasteiger partial charge in [0.1, 0.15) is 17.6 Å². The number of hydrogen-bond donors (Lipinski definition) is 1. The highest BCUT2D eigenvalue weighted by molar-refractivity contribution is 7.17. The number of halogens is 1. The van der Waals surface area contributed by atoms with Crippen molar-refractivity contribution in [3.05, 3.63) is 35.4 Å². The van der Waals surface area contributed by atoms with Gasteiger partial charge in [-0.05, 0) is 12.1 Å². The predicted molar refractivity (Wildman–Crippen MR) is 72.2 cm³/mol. The second kappa shape index (κ2) is 5.74. The zero-order valence-electron chi connectivity index (χ0n) is 10.5. The number of Topliss-reactive ketones (excluding diaryl/α,β-unsaturated/α-hetero) is 1. The van der Waals surface area contributed by atoms with Crippen molar-refractivity contribution in [1.82, 2.24) is 15.3 Å². The Morgan fingerprint density at radius 1 is 1.50 bits per heavy atom. The standard InChI is InChI=1S/C13H12FN3O2S/c14-8-2-1-3-16-11(8)10-7-17-13(20-10)12(18)9-6-15-4-5-19-9/h1-3,7,9,15H,4-6H2. The highest BCUT2D eigenvalue weighted by atomic mass is 32.1. The van der Waals surface area contributed by atoms with E-state index in [1.54, 1.807) is 0 Å². The van der Waals surface area contributed by atoms with Gasteiger partial charge >= 0.3 is 0 Å². The molecule has 0 amide bonds. The molecule has 1 aliphatic heterocycles. The van der Waals surface area contributed by atoms with Crippen molar-refractivity contribution in [2.24, 2.45) is 0 Å². The van der Waals surface area contributed by atoms with E-state index >= 15 is 0 Å². The van der Waals surface area contributed by atoms with Crippen molar-refractivity contribution < 1.29 is 13.9 Å². The summed E-state index contributed by atoms with van der Waals surface area (Å²) in [4.78, 5) is 20.8. The Hall–Kier alpha value is -1.70. The van der Waals surface area contributed by atoms with Crippen LogP contribution >= 0.6 is 11.3 Å². The molecule has 1 atom stereocenters. The maximum atomic E-state index is 13.6. The number of rotatable bonds is 3. The molecule has 0 saturated carbocycles. The average molecular weight is 293 g/mol. The average Bonchev–Trinajstić information content (AvgIpc) is 2.97. The quantitative estimate of drug-likeness (QED) is 0.869. The fourth-order valence-electron chi connectivity index (χ4n) is 1.94. The molecule has 0 aliphatic carbocycles. The van der Waals surface area contributed by atoms with Crippen LogP contribution in [0.3, 0.4) is 0 Å². The third-order valence-electron chi connectivity index (χ3n) is 2.93. The van der Waals surface area contributed by atoms with Gasteiger partial charge < -0.3 is 10.1 Å². The molecule has 0 spiro atoms. The Morgan fingerprint density at radius 2 is 2.40 bits per heavy atom. The topological polar surface area (TPSA) is 64.1 Å². The summed E-state index contributed by atoms with van der Waals surface area (Å²) in [7, 11) is 0. The van der Waals surface area contributed by atoms with E-state index in [4.69, 9.17) is 4.74 Å². The van der Waals surface area contributed by atoms with Crippen LogP contribution in [0.15, 0.2) is 24.5 Å². The van der Waals surface area contributed by atoms with Gasteiger partial charge in [0, 0.05) is 25.5 Å². The molecule has 1 aliphatic rings. The molecule has 3 rings (SSSR count). The maximum Gasteiger partial charge on any atom is 0.221 e. The van der Waals surface area contributed by atoms with Crippen LogP contribution in [0.4, 0.5) is 4.39 Å². The molecule has 5 nitrogen and oxygen atoms in total. The predicted octanol–water partition coefficient (Wildman–Crippen LogP) is 1.52. The number of ether oxygens (including phenoxy) is 1. The first-order valence-electron chi connectivity index (χ1n) is 6.19. The molecule has 0 radical (unpaired) electrons. The van der Waals surface area contributed by atoms with Gasteiger partial charge in [0.05, 0.1) is 11.5 Å². The van der Waals surface area contributed by atoms with E-state index in [-0.39, 0.29) is 11.5 Å². The van der Waals surface area contributed by atoms with Crippen LogP contribution in [0.25, 0.3) is 10.6 Å². The molecule has 1 unspecified atom stereocenters. The number of nitrogens with zero attached hydrogens (tertiary/aromatic N) is 2. The summed E-state index contributed by atoms with van der Waals surface area (Å²) in [5.41, 5.74) is 0.215. The minimum atomic E-state index is -0.517. The Morgan fingerprint density at radius 3 is 3.15 bits per heavy atom. The summed E-state index contributed by atoms with van der Waals surface area (Å²) in [5, 5.41) is 3.41. The van der Waals surface area contributed by atoms with Gasteiger partial charge in [-0.2, -0.15) is 0 Å². The van der Waals surface area contributed by atoms with Crippen LogP contribution < -0.4 is 5.32 Å². The zero-order chi connectivity index (χ0) is 13.9. The number of carbonyl (C=O) groups excluding carboxylic acids is 1. The minimum absolute atomic E-state index is 0.176. The third kappa shape index (κ3) is 2.60. The van der Waals surface area contributed by atoms with Crippen LogP contribution in [0.5, 0.6) is 0 Å². The van der Waals surface area contributed by atoms with Crippen molar-refractivity contribution in [2.75, 3.05) is 19.7 Å². The van der Waals surface area contributed by atoms with Crippen LogP contribution in [0.2, 0.25) is 0 Å². The van der Waals surface area contributed by atoms with Crippen LogP contribution in [0.1, 0.15) is 9.80 Å². The molecular weight excluding hydrogens is 281 g/mol. The third-order valence-corrected chi connectivity index (χ3v) is 3.95. The lowest BCUT2D eigenvalue weighted by molar-refractivity contribution is 0.0269. The van der Waals surface area contributed by atoms with Crippen molar-refractivity contribution in [3.8, 4) is 10.6 Å². The molecule has 104 valence electrons. The molecular formula is C13H12FN3O2S. The van der Waals surface area contributed by atoms with Gasteiger partial charge in [-0.3, -0.25) is 9.78 Å². The number of nitrogens with one attached hydrogen (secondary N) is 1.